The summed E-state index contributed by atoms with van der Waals surface area (Å²) in [5, 5.41) is 26.6. The quantitative estimate of drug-likeness (QED) is 0.354. The van der Waals surface area contributed by atoms with Crippen molar-refractivity contribution in [1.82, 2.24) is 0 Å². The summed E-state index contributed by atoms with van der Waals surface area (Å²) in [6.45, 7) is 0. The number of hydrogen-bond acceptors (Lipinski definition) is 7. The van der Waals surface area contributed by atoms with E-state index in [1.807, 2.05) is 0 Å². The van der Waals surface area contributed by atoms with Crippen LogP contribution in [0.2, 0.25) is 0 Å². The van der Waals surface area contributed by atoms with Gasteiger partial charge in [0.2, 0.25) is 0 Å². The molecular formula is C14H17NO7. The second-order valence-corrected chi connectivity index (χ2v) is 4.67. The molecule has 8 nitrogen and oxygen atoms in total. The average molecular weight is 311 g/mol. The molecule has 1 fully saturated rings. The first-order chi connectivity index (χ1) is 10.3. The van der Waals surface area contributed by atoms with Crippen molar-refractivity contribution in [3.8, 4) is 11.5 Å². The van der Waals surface area contributed by atoms with Crippen molar-refractivity contribution in [3.63, 3.8) is 0 Å². The fourth-order valence-electron chi connectivity index (χ4n) is 1.64. The summed E-state index contributed by atoms with van der Waals surface area (Å²) in [4.78, 5) is 30.9. The molecule has 0 unspecified atom stereocenters. The van der Waals surface area contributed by atoms with Gasteiger partial charge in [0.1, 0.15) is 6.04 Å². The number of aliphatic carboxylic acids is 1. The Hall–Kier alpha value is -2.61. The molecule has 0 bridgehead atoms. The topological polar surface area (TPSA) is 147 Å². The Morgan fingerprint density at radius 2 is 1.77 bits per heavy atom. The van der Waals surface area contributed by atoms with Crippen LogP contribution in [-0.2, 0) is 25.5 Å². The van der Waals surface area contributed by atoms with Crippen molar-refractivity contribution in [1.29, 1.82) is 0 Å². The van der Waals surface area contributed by atoms with E-state index < -0.39 is 12.0 Å². The minimum absolute atomic E-state index is 0.114. The third-order valence-electron chi connectivity index (χ3n) is 2.80. The lowest BCUT2D eigenvalue weighted by molar-refractivity contribution is -0.163. The van der Waals surface area contributed by atoms with Gasteiger partial charge in [0.15, 0.2) is 11.5 Å². The number of carbonyl (C=O) groups is 3. The van der Waals surface area contributed by atoms with Crippen LogP contribution in [0.25, 0.3) is 0 Å². The van der Waals surface area contributed by atoms with Crippen molar-refractivity contribution in [2.24, 2.45) is 5.73 Å². The third kappa shape index (κ3) is 5.80. The van der Waals surface area contributed by atoms with Crippen LogP contribution in [0.4, 0.5) is 0 Å². The van der Waals surface area contributed by atoms with Crippen molar-refractivity contribution in [3.05, 3.63) is 23.8 Å². The van der Waals surface area contributed by atoms with Gasteiger partial charge in [-0.05, 0) is 30.5 Å². The largest absolute Gasteiger partial charge is 0.504 e. The summed E-state index contributed by atoms with van der Waals surface area (Å²) in [6, 6.07) is 3.09. The predicted molar refractivity (Wildman–Crippen MR) is 74.0 cm³/mol. The maximum atomic E-state index is 10.4. The Labute approximate surface area is 126 Å². The van der Waals surface area contributed by atoms with Gasteiger partial charge in [-0.2, -0.15) is 0 Å². The standard InChI is InChI=1S/C9H11NO4.C5H6O3/c10-6(9(13)14)3-5-1-2-7(11)8(12)4-5;6-4-2-1-3-5(7)8-4/h1-2,4,6,11-12H,3,10H2,(H,13,14);1-3H2/t6-;/m0./s1. The zero-order chi connectivity index (χ0) is 16.7. The summed E-state index contributed by atoms with van der Waals surface area (Å²) < 4.78 is 4.21. The maximum absolute atomic E-state index is 10.4. The van der Waals surface area contributed by atoms with Crippen LogP contribution < -0.4 is 5.73 Å². The Morgan fingerprint density at radius 3 is 2.18 bits per heavy atom. The molecule has 1 aliphatic heterocycles. The van der Waals surface area contributed by atoms with Gasteiger partial charge in [-0.1, -0.05) is 6.07 Å². The number of ether oxygens (including phenoxy) is 1. The molecule has 120 valence electrons. The molecule has 22 heavy (non-hydrogen) atoms. The number of carboxylic acid groups (broad SMARTS) is 1. The average Bonchev–Trinajstić information content (AvgIpc) is 2.43. The van der Waals surface area contributed by atoms with Crippen LogP contribution in [0, 0.1) is 0 Å². The summed E-state index contributed by atoms with van der Waals surface area (Å²) in [5.41, 5.74) is 5.86. The highest BCUT2D eigenvalue weighted by atomic mass is 16.6. The molecule has 0 spiro atoms. The number of benzene rings is 1. The summed E-state index contributed by atoms with van der Waals surface area (Å²) in [5.74, 6) is -2.39. The predicted octanol–water partition coefficient (Wildman–Crippen LogP) is 0.292. The summed E-state index contributed by atoms with van der Waals surface area (Å²) in [6.07, 6.45) is 1.55. The number of phenolic OH excluding ortho intramolecular Hbond substituents is 2. The van der Waals surface area contributed by atoms with E-state index in [2.05, 4.69) is 4.74 Å². The van der Waals surface area contributed by atoms with Crippen LogP contribution >= 0.6 is 0 Å². The van der Waals surface area contributed by atoms with Crippen LogP contribution in [0.5, 0.6) is 11.5 Å². The number of phenols is 2. The highest BCUT2D eigenvalue weighted by molar-refractivity contribution is 5.87. The van der Waals surface area contributed by atoms with Gasteiger partial charge in [0.05, 0.1) is 0 Å². The fourth-order valence-corrected chi connectivity index (χ4v) is 1.64. The zero-order valence-corrected chi connectivity index (χ0v) is 11.7. The smallest absolute Gasteiger partial charge is 0.320 e. The molecule has 1 aromatic rings. The van der Waals surface area contributed by atoms with Crippen LogP contribution in [0.3, 0.4) is 0 Å². The minimum atomic E-state index is -1.10. The van der Waals surface area contributed by atoms with E-state index in [4.69, 9.17) is 21.1 Å². The van der Waals surface area contributed by atoms with Crippen molar-refractivity contribution in [2.45, 2.75) is 31.7 Å². The number of carbonyl (C=O) groups excluding carboxylic acids is 2. The van der Waals surface area contributed by atoms with Crippen molar-refractivity contribution >= 4 is 17.9 Å². The van der Waals surface area contributed by atoms with E-state index in [0.717, 1.165) is 0 Å². The zero-order valence-electron chi connectivity index (χ0n) is 11.7. The van der Waals surface area contributed by atoms with Crippen molar-refractivity contribution in [2.75, 3.05) is 0 Å². The van der Waals surface area contributed by atoms with Gasteiger partial charge in [-0.3, -0.25) is 14.4 Å². The van der Waals surface area contributed by atoms with E-state index in [0.29, 0.717) is 24.8 Å². The molecule has 0 saturated carbocycles. The van der Waals surface area contributed by atoms with Gasteiger partial charge in [0, 0.05) is 12.8 Å². The highest BCUT2D eigenvalue weighted by Gasteiger charge is 2.16. The Balaban J connectivity index is 0.000000255. The first-order valence-corrected chi connectivity index (χ1v) is 6.52. The SMILES string of the molecule is N[C@@H](Cc1ccc(O)c(O)c1)C(=O)O.O=C1CCCC(=O)O1. The molecule has 0 aromatic heterocycles. The number of cyclic esters (lactones) is 2. The van der Waals surface area contributed by atoms with E-state index in [9.17, 15) is 14.4 Å². The third-order valence-corrected chi connectivity index (χ3v) is 2.80. The molecule has 1 aliphatic rings. The highest BCUT2D eigenvalue weighted by Crippen LogP contribution is 2.25. The molecule has 5 N–H and O–H groups in total. The van der Waals surface area contributed by atoms with Crippen molar-refractivity contribution < 1.29 is 34.4 Å². The second-order valence-electron chi connectivity index (χ2n) is 4.67. The van der Waals surface area contributed by atoms with E-state index in [1.54, 1.807) is 0 Å². The molecule has 0 radical (unpaired) electrons. The van der Waals surface area contributed by atoms with E-state index in [1.165, 1.54) is 18.2 Å². The number of hydrogen-bond donors (Lipinski definition) is 4. The molecule has 8 heteroatoms. The van der Waals surface area contributed by atoms with Gasteiger partial charge >= 0.3 is 17.9 Å². The number of esters is 2. The van der Waals surface area contributed by atoms with Gasteiger partial charge in [-0.25, -0.2) is 0 Å². The monoisotopic (exact) mass is 311 g/mol. The Kier molecular flexibility index (Phi) is 6.33. The molecule has 1 atom stereocenters. The number of aromatic hydroxyl groups is 2. The van der Waals surface area contributed by atoms with Gasteiger partial charge in [0.25, 0.3) is 0 Å². The fraction of sp³-hybridized carbons (Fsp3) is 0.357. The minimum Gasteiger partial charge on any atom is -0.504 e. The molecular weight excluding hydrogens is 294 g/mol. The van der Waals surface area contributed by atoms with E-state index >= 15 is 0 Å². The molecule has 1 saturated heterocycles. The Morgan fingerprint density at radius 1 is 1.18 bits per heavy atom. The molecule has 1 aromatic carbocycles. The van der Waals surface area contributed by atoms with Crippen LogP contribution in [0.1, 0.15) is 24.8 Å². The van der Waals surface area contributed by atoms with Gasteiger partial charge < -0.3 is 25.8 Å². The molecule has 0 amide bonds. The lowest BCUT2D eigenvalue weighted by atomic mass is 10.1. The lowest BCUT2D eigenvalue weighted by Crippen LogP contribution is -2.32. The number of carboxylic acids is 1. The van der Waals surface area contributed by atoms with Crippen LogP contribution in [-0.4, -0.2) is 39.3 Å². The second kappa shape index (κ2) is 7.99. The molecule has 0 aliphatic carbocycles. The number of nitrogens with two attached hydrogens (primary N) is 1. The molecule has 1 heterocycles. The lowest BCUT2D eigenvalue weighted by Gasteiger charge is -2.06. The maximum Gasteiger partial charge on any atom is 0.320 e. The Bertz CT molecular complexity index is 556. The number of rotatable bonds is 3. The molecule has 2 rings (SSSR count). The van der Waals surface area contributed by atoms with Crippen LogP contribution in [0.15, 0.2) is 18.2 Å². The van der Waals surface area contributed by atoms with Gasteiger partial charge in [-0.15, -0.1) is 0 Å². The van der Waals surface area contributed by atoms with E-state index in [-0.39, 0.29) is 29.9 Å². The summed E-state index contributed by atoms with van der Waals surface area (Å²) >= 11 is 0. The first kappa shape index (κ1) is 17.4. The first-order valence-electron chi connectivity index (χ1n) is 6.52. The normalized spacial score (nSPS) is 15.3. The summed E-state index contributed by atoms with van der Waals surface area (Å²) in [7, 11) is 0.